The first-order valence-electron chi connectivity index (χ1n) is 9.18. The molecular weight excluding hydrogens is 383 g/mol. The number of nitrogens with zero attached hydrogens (tertiary/aromatic N) is 4. The molecule has 0 unspecified atom stereocenters. The van der Waals surface area contributed by atoms with Gasteiger partial charge in [0.2, 0.25) is 11.7 Å². The van der Waals surface area contributed by atoms with Gasteiger partial charge in [-0.25, -0.2) is 9.37 Å². The lowest BCUT2D eigenvalue weighted by molar-refractivity contribution is 0.0207. The molecule has 0 radical (unpaired) electrons. The summed E-state index contributed by atoms with van der Waals surface area (Å²) in [5, 5.41) is 15.4. The summed E-state index contributed by atoms with van der Waals surface area (Å²) in [4.78, 5) is 10.6. The number of likely N-dealkylation sites (tertiary alicyclic amines) is 1. The van der Waals surface area contributed by atoms with Gasteiger partial charge in [-0.2, -0.15) is 4.98 Å². The highest BCUT2D eigenvalue weighted by Crippen LogP contribution is 2.33. The Hall–Kier alpha value is -2.35. The van der Waals surface area contributed by atoms with Crippen molar-refractivity contribution < 1.29 is 14.0 Å². The minimum atomic E-state index is -0.953. The maximum atomic E-state index is 13.2. The third-order valence-corrected chi connectivity index (χ3v) is 5.42. The largest absolute Gasteiger partial charge is 0.385 e. The standard InChI is InChI=1S/C20H20ClFN4O2/c21-18-16(3-1-10-23-18)19-24-17(28-25-19)13-26-11-2-8-20(27,9-12-26)14-4-6-15(22)7-5-14/h1,3-7,10,27H,2,8-9,11-13H2/t20-/m1/s1. The predicted molar refractivity (Wildman–Crippen MR) is 102 cm³/mol. The van der Waals surface area contributed by atoms with Gasteiger partial charge in [-0.3, -0.25) is 4.90 Å². The molecule has 8 heteroatoms. The number of hydrogen-bond acceptors (Lipinski definition) is 6. The molecule has 1 aliphatic heterocycles. The maximum absolute atomic E-state index is 13.2. The third kappa shape index (κ3) is 4.06. The number of hydrogen-bond donors (Lipinski definition) is 1. The summed E-state index contributed by atoms with van der Waals surface area (Å²) in [5.41, 5.74) is 0.425. The lowest BCUT2D eigenvalue weighted by atomic mass is 9.87. The van der Waals surface area contributed by atoms with E-state index >= 15 is 0 Å². The van der Waals surface area contributed by atoms with Gasteiger partial charge in [0.1, 0.15) is 11.0 Å². The Labute approximate surface area is 167 Å². The molecule has 2 aromatic heterocycles. The van der Waals surface area contributed by atoms with Crippen molar-refractivity contribution >= 4 is 11.6 Å². The minimum absolute atomic E-state index is 0.302. The van der Waals surface area contributed by atoms with E-state index in [9.17, 15) is 9.50 Å². The summed E-state index contributed by atoms with van der Waals surface area (Å²) in [6, 6.07) is 9.65. The molecule has 0 amide bonds. The lowest BCUT2D eigenvalue weighted by Gasteiger charge is -2.27. The fourth-order valence-electron chi connectivity index (χ4n) is 3.55. The molecule has 4 rings (SSSR count). The molecule has 1 N–H and O–H groups in total. The zero-order valence-corrected chi connectivity index (χ0v) is 15.9. The fraction of sp³-hybridized carbons (Fsp3) is 0.350. The summed E-state index contributed by atoms with van der Waals surface area (Å²) in [5.74, 6) is 0.594. The molecule has 1 saturated heterocycles. The van der Waals surface area contributed by atoms with E-state index in [1.54, 1.807) is 30.5 Å². The monoisotopic (exact) mass is 402 g/mol. The summed E-state index contributed by atoms with van der Waals surface area (Å²) < 4.78 is 18.6. The van der Waals surface area contributed by atoms with Crippen molar-refractivity contribution in [1.82, 2.24) is 20.0 Å². The highest BCUT2D eigenvalue weighted by Gasteiger charge is 2.32. The number of benzene rings is 1. The smallest absolute Gasteiger partial charge is 0.241 e. The average Bonchev–Trinajstić information content (AvgIpc) is 3.06. The SMILES string of the molecule is O[C@]1(c2ccc(F)cc2)CCCN(Cc2nc(-c3cccnc3Cl)no2)CC1. The number of pyridine rings is 1. The van der Waals surface area contributed by atoms with Crippen molar-refractivity contribution in [3.05, 3.63) is 65.0 Å². The Morgan fingerprint density at radius 1 is 1.18 bits per heavy atom. The topological polar surface area (TPSA) is 75.3 Å². The van der Waals surface area contributed by atoms with E-state index in [1.165, 1.54) is 12.1 Å². The van der Waals surface area contributed by atoms with Gasteiger partial charge in [0.25, 0.3) is 0 Å². The van der Waals surface area contributed by atoms with Crippen molar-refractivity contribution in [2.75, 3.05) is 13.1 Å². The van der Waals surface area contributed by atoms with Crippen LogP contribution >= 0.6 is 11.6 Å². The quantitative estimate of drug-likeness (QED) is 0.669. The Kier molecular flexibility index (Phi) is 5.39. The van der Waals surface area contributed by atoms with E-state index in [1.807, 2.05) is 0 Å². The van der Waals surface area contributed by atoms with Crippen LogP contribution in [-0.4, -0.2) is 38.2 Å². The summed E-state index contributed by atoms with van der Waals surface area (Å²) in [6.45, 7) is 1.96. The number of halogens is 2. The van der Waals surface area contributed by atoms with E-state index in [0.29, 0.717) is 48.4 Å². The van der Waals surface area contributed by atoms with Gasteiger partial charge in [0.15, 0.2) is 0 Å². The van der Waals surface area contributed by atoms with Gasteiger partial charge in [-0.15, -0.1) is 0 Å². The Morgan fingerprint density at radius 2 is 2.00 bits per heavy atom. The second-order valence-corrected chi connectivity index (χ2v) is 7.38. The van der Waals surface area contributed by atoms with Gasteiger partial charge in [0, 0.05) is 12.7 Å². The molecule has 1 fully saturated rings. The average molecular weight is 403 g/mol. The van der Waals surface area contributed by atoms with Gasteiger partial charge >= 0.3 is 0 Å². The molecule has 1 aromatic carbocycles. The Morgan fingerprint density at radius 3 is 2.79 bits per heavy atom. The molecular formula is C20H20ClFN4O2. The molecule has 0 aliphatic carbocycles. The molecule has 1 aliphatic rings. The summed E-state index contributed by atoms with van der Waals surface area (Å²) in [6.07, 6.45) is 3.58. The number of rotatable bonds is 4. The zero-order chi connectivity index (χ0) is 19.6. The van der Waals surface area contributed by atoms with Crippen LogP contribution in [0.2, 0.25) is 5.15 Å². The van der Waals surface area contributed by atoms with Crippen LogP contribution in [0.1, 0.15) is 30.7 Å². The first-order chi connectivity index (χ1) is 13.5. The van der Waals surface area contributed by atoms with Gasteiger partial charge in [-0.1, -0.05) is 28.9 Å². The molecule has 0 bridgehead atoms. The van der Waals surface area contributed by atoms with Crippen LogP contribution in [0.25, 0.3) is 11.4 Å². The van der Waals surface area contributed by atoms with Gasteiger partial charge in [0.05, 0.1) is 17.7 Å². The maximum Gasteiger partial charge on any atom is 0.241 e. The van der Waals surface area contributed by atoms with Crippen molar-refractivity contribution in [2.45, 2.75) is 31.4 Å². The van der Waals surface area contributed by atoms with Crippen molar-refractivity contribution in [1.29, 1.82) is 0 Å². The molecule has 3 aromatic rings. The van der Waals surface area contributed by atoms with E-state index in [4.69, 9.17) is 16.1 Å². The predicted octanol–water partition coefficient (Wildman–Crippen LogP) is 3.80. The minimum Gasteiger partial charge on any atom is -0.385 e. The second kappa shape index (κ2) is 7.95. The number of aromatic nitrogens is 3. The molecule has 1 atom stereocenters. The van der Waals surface area contributed by atoms with Crippen LogP contribution in [0.3, 0.4) is 0 Å². The molecule has 3 heterocycles. The molecule has 0 saturated carbocycles. The van der Waals surface area contributed by atoms with Gasteiger partial charge in [-0.05, 0) is 55.6 Å². The van der Waals surface area contributed by atoms with Crippen molar-refractivity contribution in [3.8, 4) is 11.4 Å². The van der Waals surface area contributed by atoms with E-state index < -0.39 is 5.60 Å². The highest BCUT2D eigenvalue weighted by atomic mass is 35.5. The second-order valence-electron chi connectivity index (χ2n) is 7.02. The number of aliphatic hydroxyl groups is 1. The summed E-state index contributed by atoms with van der Waals surface area (Å²) in [7, 11) is 0. The van der Waals surface area contributed by atoms with E-state index in [0.717, 1.165) is 18.5 Å². The third-order valence-electron chi connectivity index (χ3n) is 5.11. The first kappa shape index (κ1) is 19.0. The van der Waals surface area contributed by atoms with Crippen LogP contribution in [0.15, 0.2) is 47.1 Å². The molecule has 146 valence electrons. The molecule has 0 spiro atoms. The first-order valence-corrected chi connectivity index (χ1v) is 9.55. The van der Waals surface area contributed by atoms with E-state index in [2.05, 4.69) is 20.0 Å². The Bertz CT molecular complexity index is 949. The van der Waals surface area contributed by atoms with Crippen LogP contribution in [0.5, 0.6) is 0 Å². The normalized spacial score (nSPS) is 20.8. The van der Waals surface area contributed by atoms with Crippen LogP contribution in [-0.2, 0) is 12.1 Å². The Balaban J connectivity index is 1.43. The molecule has 28 heavy (non-hydrogen) atoms. The van der Waals surface area contributed by atoms with Crippen molar-refractivity contribution in [2.24, 2.45) is 0 Å². The molecule has 6 nitrogen and oxygen atoms in total. The zero-order valence-electron chi connectivity index (χ0n) is 15.2. The van der Waals surface area contributed by atoms with Gasteiger partial charge < -0.3 is 9.63 Å². The van der Waals surface area contributed by atoms with Crippen LogP contribution in [0.4, 0.5) is 4.39 Å². The lowest BCUT2D eigenvalue weighted by Crippen LogP contribution is -2.29. The van der Waals surface area contributed by atoms with E-state index in [-0.39, 0.29) is 5.82 Å². The van der Waals surface area contributed by atoms with Crippen LogP contribution < -0.4 is 0 Å². The van der Waals surface area contributed by atoms with Crippen molar-refractivity contribution in [3.63, 3.8) is 0 Å². The fourth-order valence-corrected chi connectivity index (χ4v) is 3.76. The van der Waals surface area contributed by atoms with Crippen LogP contribution in [0, 0.1) is 5.82 Å². The highest BCUT2D eigenvalue weighted by molar-refractivity contribution is 6.31. The summed E-state index contributed by atoms with van der Waals surface area (Å²) >= 11 is 6.09.